The molecule has 1 heterocycles. The summed E-state index contributed by atoms with van der Waals surface area (Å²) in [5.41, 5.74) is 2.70. The van der Waals surface area contributed by atoms with Crippen molar-refractivity contribution >= 4 is 50.5 Å². The van der Waals surface area contributed by atoms with Gasteiger partial charge < -0.3 is 14.8 Å². The van der Waals surface area contributed by atoms with Crippen LogP contribution in [0.15, 0.2) is 50.8 Å². The van der Waals surface area contributed by atoms with Crippen LogP contribution in [0.5, 0.6) is 11.5 Å². The summed E-state index contributed by atoms with van der Waals surface area (Å²) in [6, 6.07) is 11.5. The largest absolute Gasteiger partial charge is 0.493 e. The lowest BCUT2D eigenvalue weighted by Crippen LogP contribution is -2.19. The lowest BCUT2D eigenvalue weighted by atomic mass is 10.1. The van der Waals surface area contributed by atoms with Crippen molar-refractivity contribution in [2.45, 2.75) is 6.92 Å². The summed E-state index contributed by atoms with van der Waals surface area (Å²) in [6.07, 6.45) is 1.77. The first-order valence-corrected chi connectivity index (χ1v) is 9.39. The summed E-state index contributed by atoms with van der Waals surface area (Å²) in [4.78, 5) is 17.3. The summed E-state index contributed by atoms with van der Waals surface area (Å²) in [6.45, 7) is 2.02. The highest BCUT2D eigenvalue weighted by Gasteiger charge is 2.25. The van der Waals surface area contributed by atoms with Crippen molar-refractivity contribution in [3.05, 3.63) is 56.9 Å². The van der Waals surface area contributed by atoms with Crippen LogP contribution in [0.1, 0.15) is 11.1 Å². The first kappa shape index (κ1) is 18.5. The zero-order chi connectivity index (χ0) is 18.7. The molecule has 0 unspecified atom stereocenters. The second-order valence-corrected chi connectivity index (χ2v) is 7.49. The third kappa shape index (κ3) is 4.11. The molecular formula is C19H17BrN2O3S. The molecule has 7 heteroatoms. The Kier molecular flexibility index (Phi) is 5.68. The minimum absolute atomic E-state index is 0.193. The number of hydrogen-bond acceptors (Lipinski definition) is 5. The molecule has 2 aromatic carbocycles. The predicted octanol–water partition coefficient (Wildman–Crippen LogP) is 4.67. The highest BCUT2D eigenvalue weighted by Crippen LogP contribution is 2.38. The maximum Gasteiger partial charge on any atom is 0.264 e. The molecule has 1 amide bonds. The SMILES string of the molecule is COc1cc(Br)cc(/C=C2/SC(=Nc3ccc(C)cc3)NC2=O)c1OC. The highest BCUT2D eigenvalue weighted by molar-refractivity contribution is 9.10. The fraction of sp³-hybridized carbons (Fsp3) is 0.158. The van der Waals surface area contributed by atoms with E-state index < -0.39 is 0 Å². The van der Waals surface area contributed by atoms with Gasteiger partial charge in [-0.25, -0.2) is 4.99 Å². The van der Waals surface area contributed by atoms with Gasteiger partial charge in [-0.05, 0) is 49.0 Å². The van der Waals surface area contributed by atoms with Gasteiger partial charge in [0.05, 0.1) is 24.8 Å². The molecular weight excluding hydrogens is 416 g/mol. The van der Waals surface area contributed by atoms with Gasteiger partial charge in [-0.1, -0.05) is 33.6 Å². The normalized spacial score (nSPS) is 16.8. The van der Waals surface area contributed by atoms with Crippen molar-refractivity contribution in [3.63, 3.8) is 0 Å². The van der Waals surface area contributed by atoms with Crippen molar-refractivity contribution in [3.8, 4) is 11.5 Å². The van der Waals surface area contributed by atoms with Gasteiger partial charge in [-0.3, -0.25) is 4.79 Å². The van der Waals surface area contributed by atoms with Gasteiger partial charge in [-0.2, -0.15) is 0 Å². The van der Waals surface area contributed by atoms with Crippen molar-refractivity contribution in [2.75, 3.05) is 14.2 Å². The molecule has 1 aliphatic heterocycles. The fourth-order valence-electron chi connectivity index (χ4n) is 2.42. The van der Waals surface area contributed by atoms with Gasteiger partial charge >= 0.3 is 0 Å². The Morgan fingerprint density at radius 2 is 1.88 bits per heavy atom. The second kappa shape index (κ2) is 7.97. The number of carbonyl (C=O) groups is 1. The number of rotatable bonds is 4. The maximum absolute atomic E-state index is 12.3. The van der Waals surface area contributed by atoms with E-state index in [0.717, 1.165) is 21.3 Å². The summed E-state index contributed by atoms with van der Waals surface area (Å²) in [5, 5.41) is 3.34. The number of halogens is 1. The van der Waals surface area contributed by atoms with E-state index in [0.29, 0.717) is 21.6 Å². The molecule has 1 aliphatic rings. The topological polar surface area (TPSA) is 59.9 Å². The summed E-state index contributed by atoms with van der Waals surface area (Å²) in [5.74, 6) is 0.966. The molecule has 0 bridgehead atoms. The molecule has 1 fully saturated rings. The molecule has 134 valence electrons. The van der Waals surface area contributed by atoms with E-state index in [2.05, 4.69) is 26.2 Å². The zero-order valence-electron chi connectivity index (χ0n) is 14.5. The maximum atomic E-state index is 12.3. The summed E-state index contributed by atoms with van der Waals surface area (Å²) >= 11 is 4.74. The zero-order valence-corrected chi connectivity index (χ0v) is 16.9. The number of ether oxygens (including phenoxy) is 2. The van der Waals surface area contributed by atoms with Crippen LogP contribution in [-0.4, -0.2) is 25.3 Å². The number of methoxy groups -OCH3 is 2. The number of nitrogens with zero attached hydrogens (tertiary/aromatic N) is 1. The summed E-state index contributed by atoms with van der Waals surface area (Å²) in [7, 11) is 3.14. The minimum Gasteiger partial charge on any atom is -0.493 e. The third-order valence-electron chi connectivity index (χ3n) is 3.67. The van der Waals surface area contributed by atoms with E-state index in [1.807, 2.05) is 43.3 Å². The number of amides is 1. The number of thioether (sulfide) groups is 1. The standard InChI is InChI=1S/C19H17BrN2O3S/c1-11-4-6-14(7-5-11)21-19-22-18(23)16(26-19)9-12-8-13(20)10-15(24-2)17(12)25-3/h4-10H,1-3H3,(H,21,22,23)/b16-9+. The monoisotopic (exact) mass is 432 g/mol. The Labute approximate surface area is 164 Å². The van der Waals surface area contributed by atoms with E-state index in [1.54, 1.807) is 20.3 Å². The predicted molar refractivity (Wildman–Crippen MR) is 109 cm³/mol. The number of hydrogen-bond donors (Lipinski definition) is 1. The molecule has 0 radical (unpaired) electrons. The molecule has 26 heavy (non-hydrogen) atoms. The molecule has 0 spiro atoms. The Hall–Kier alpha value is -2.25. The molecule has 0 aliphatic carbocycles. The number of aliphatic imine (C=N–C) groups is 1. The Balaban J connectivity index is 1.92. The van der Waals surface area contributed by atoms with Crippen LogP contribution in [-0.2, 0) is 4.79 Å². The van der Waals surface area contributed by atoms with Crippen LogP contribution in [0.4, 0.5) is 5.69 Å². The number of nitrogens with one attached hydrogen (secondary N) is 1. The van der Waals surface area contributed by atoms with Crippen LogP contribution in [0.25, 0.3) is 6.08 Å². The molecule has 2 aromatic rings. The average Bonchev–Trinajstić information content (AvgIpc) is 2.95. The van der Waals surface area contributed by atoms with Crippen LogP contribution < -0.4 is 14.8 Å². The van der Waals surface area contributed by atoms with E-state index in [-0.39, 0.29) is 5.91 Å². The van der Waals surface area contributed by atoms with Gasteiger partial charge in [0.2, 0.25) is 0 Å². The van der Waals surface area contributed by atoms with Crippen molar-refractivity contribution in [1.82, 2.24) is 5.32 Å². The van der Waals surface area contributed by atoms with Crippen molar-refractivity contribution in [1.29, 1.82) is 0 Å². The van der Waals surface area contributed by atoms with Crippen molar-refractivity contribution in [2.24, 2.45) is 4.99 Å². The van der Waals surface area contributed by atoms with Crippen molar-refractivity contribution < 1.29 is 14.3 Å². The number of benzene rings is 2. The number of aryl methyl sites for hydroxylation is 1. The lowest BCUT2D eigenvalue weighted by Gasteiger charge is -2.11. The van der Waals surface area contributed by atoms with Crippen LogP contribution in [0.2, 0.25) is 0 Å². The molecule has 1 N–H and O–H groups in total. The molecule has 0 saturated carbocycles. The molecule has 5 nitrogen and oxygen atoms in total. The molecule has 3 rings (SSSR count). The average molecular weight is 433 g/mol. The third-order valence-corrected chi connectivity index (χ3v) is 5.04. The fourth-order valence-corrected chi connectivity index (χ4v) is 3.71. The number of carbonyl (C=O) groups excluding carboxylic acids is 1. The van der Waals surface area contributed by atoms with Crippen LogP contribution in [0.3, 0.4) is 0 Å². The van der Waals surface area contributed by atoms with E-state index in [9.17, 15) is 4.79 Å². The first-order chi connectivity index (χ1) is 12.5. The quantitative estimate of drug-likeness (QED) is 0.713. The van der Waals surface area contributed by atoms with E-state index in [1.165, 1.54) is 11.8 Å². The Bertz CT molecular complexity index is 908. The first-order valence-electron chi connectivity index (χ1n) is 7.78. The van der Waals surface area contributed by atoms with E-state index >= 15 is 0 Å². The van der Waals surface area contributed by atoms with Crippen LogP contribution in [0, 0.1) is 6.92 Å². The second-order valence-electron chi connectivity index (χ2n) is 5.55. The Morgan fingerprint density at radius 3 is 2.54 bits per heavy atom. The Morgan fingerprint density at radius 1 is 1.15 bits per heavy atom. The smallest absolute Gasteiger partial charge is 0.264 e. The molecule has 0 aromatic heterocycles. The van der Waals surface area contributed by atoms with Gasteiger partial charge in [0.15, 0.2) is 16.7 Å². The molecule has 0 atom stereocenters. The van der Waals surface area contributed by atoms with Gasteiger partial charge in [0, 0.05) is 10.0 Å². The van der Waals surface area contributed by atoms with Gasteiger partial charge in [0.25, 0.3) is 5.91 Å². The van der Waals surface area contributed by atoms with Crippen LogP contribution >= 0.6 is 27.7 Å². The number of amidine groups is 1. The van der Waals surface area contributed by atoms with E-state index in [4.69, 9.17) is 9.47 Å². The molecule has 1 saturated heterocycles. The minimum atomic E-state index is -0.193. The van der Waals surface area contributed by atoms with Gasteiger partial charge in [0.1, 0.15) is 0 Å². The lowest BCUT2D eigenvalue weighted by molar-refractivity contribution is -0.115. The summed E-state index contributed by atoms with van der Waals surface area (Å²) < 4.78 is 11.6. The van der Waals surface area contributed by atoms with Gasteiger partial charge in [-0.15, -0.1) is 0 Å². The highest BCUT2D eigenvalue weighted by atomic mass is 79.9.